The highest BCUT2D eigenvalue weighted by molar-refractivity contribution is 5.35. The predicted octanol–water partition coefficient (Wildman–Crippen LogP) is 3.12. The molecule has 0 aliphatic heterocycles. The van der Waals surface area contributed by atoms with Gasteiger partial charge in [-0.3, -0.25) is 0 Å². The second-order valence-corrected chi connectivity index (χ2v) is 4.47. The molecule has 2 nitrogen and oxygen atoms in total. The van der Waals surface area contributed by atoms with Crippen LogP contribution in [-0.4, -0.2) is 13.7 Å². The molecule has 0 fully saturated rings. The zero-order chi connectivity index (χ0) is 13.7. The van der Waals surface area contributed by atoms with Gasteiger partial charge in [0.1, 0.15) is 11.6 Å². The molecule has 2 aromatic rings. The van der Waals surface area contributed by atoms with Gasteiger partial charge in [-0.25, -0.2) is 4.39 Å². The van der Waals surface area contributed by atoms with Crippen LogP contribution in [0.25, 0.3) is 0 Å². The van der Waals surface area contributed by atoms with E-state index in [9.17, 15) is 4.39 Å². The molecule has 3 heteroatoms. The van der Waals surface area contributed by atoms with E-state index in [1.165, 1.54) is 6.07 Å². The van der Waals surface area contributed by atoms with Crippen LogP contribution in [0.2, 0.25) is 0 Å². The van der Waals surface area contributed by atoms with Gasteiger partial charge in [0.15, 0.2) is 0 Å². The summed E-state index contributed by atoms with van der Waals surface area (Å²) in [6, 6.07) is 14.6. The maximum atomic E-state index is 13.8. The molecular formula is C16H18FNO. The number of para-hydroxylation sites is 1. The average molecular weight is 259 g/mol. The number of ether oxygens (including phenoxy) is 1. The van der Waals surface area contributed by atoms with Gasteiger partial charge in [-0.2, -0.15) is 0 Å². The molecule has 0 amide bonds. The first-order valence-electron chi connectivity index (χ1n) is 6.32. The van der Waals surface area contributed by atoms with Crippen molar-refractivity contribution in [1.82, 2.24) is 0 Å². The molecular weight excluding hydrogens is 241 g/mol. The minimum Gasteiger partial charge on any atom is -0.496 e. The Morgan fingerprint density at radius 2 is 1.79 bits per heavy atom. The lowest BCUT2D eigenvalue weighted by Gasteiger charge is -2.17. The summed E-state index contributed by atoms with van der Waals surface area (Å²) in [7, 11) is 1.64. The molecule has 0 aliphatic carbocycles. The number of halogens is 1. The van der Waals surface area contributed by atoms with Crippen molar-refractivity contribution in [3.05, 3.63) is 65.5 Å². The summed E-state index contributed by atoms with van der Waals surface area (Å²) in [6.45, 7) is 0.402. The van der Waals surface area contributed by atoms with Crippen LogP contribution in [0.15, 0.2) is 48.5 Å². The summed E-state index contributed by atoms with van der Waals surface area (Å²) < 4.78 is 19.1. The van der Waals surface area contributed by atoms with Gasteiger partial charge in [0, 0.05) is 5.92 Å². The summed E-state index contributed by atoms with van der Waals surface area (Å²) in [6.07, 6.45) is 0.668. The van der Waals surface area contributed by atoms with Crippen molar-refractivity contribution in [2.24, 2.45) is 5.73 Å². The van der Waals surface area contributed by atoms with Crippen molar-refractivity contribution in [3.63, 3.8) is 0 Å². The number of rotatable bonds is 5. The number of nitrogens with two attached hydrogens (primary N) is 1. The van der Waals surface area contributed by atoms with Gasteiger partial charge in [-0.15, -0.1) is 0 Å². The number of methoxy groups -OCH3 is 1. The molecule has 2 N–H and O–H groups in total. The number of hydrogen-bond acceptors (Lipinski definition) is 2. The zero-order valence-corrected chi connectivity index (χ0v) is 11.0. The van der Waals surface area contributed by atoms with Crippen LogP contribution in [0, 0.1) is 5.82 Å². The molecule has 1 unspecified atom stereocenters. The van der Waals surface area contributed by atoms with Crippen LogP contribution in [0.5, 0.6) is 5.75 Å². The fourth-order valence-corrected chi connectivity index (χ4v) is 2.26. The van der Waals surface area contributed by atoms with Gasteiger partial charge >= 0.3 is 0 Å². The van der Waals surface area contributed by atoms with Crippen molar-refractivity contribution in [2.45, 2.75) is 12.3 Å². The van der Waals surface area contributed by atoms with Crippen molar-refractivity contribution in [2.75, 3.05) is 13.7 Å². The first-order valence-corrected chi connectivity index (χ1v) is 6.32. The highest BCUT2D eigenvalue weighted by Crippen LogP contribution is 2.27. The first-order chi connectivity index (χ1) is 9.26. The van der Waals surface area contributed by atoms with E-state index in [1.54, 1.807) is 19.2 Å². The third-order valence-corrected chi connectivity index (χ3v) is 3.29. The summed E-state index contributed by atoms with van der Waals surface area (Å²) in [5.41, 5.74) is 7.51. The second kappa shape index (κ2) is 6.34. The normalized spacial score (nSPS) is 12.2. The quantitative estimate of drug-likeness (QED) is 0.895. The highest BCUT2D eigenvalue weighted by Gasteiger charge is 2.16. The van der Waals surface area contributed by atoms with Crippen molar-refractivity contribution < 1.29 is 9.13 Å². The van der Waals surface area contributed by atoms with Gasteiger partial charge < -0.3 is 10.5 Å². The van der Waals surface area contributed by atoms with Crippen LogP contribution < -0.4 is 10.5 Å². The number of benzene rings is 2. The molecule has 2 rings (SSSR count). The molecule has 0 aliphatic rings. The number of hydrogen-bond donors (Lipinski definition) is 1. The van der Waals surface area contributed by atoms with E-state index in [0.29, 0.717) is 18.5 Å². The van der Waals surface area contributed by atoms with Gasteiger partial charge in [-0.1, -0.05) is 36.4 Å². The van der Waals surface area contributed by atoms with E-state index in [2.05, 4.69) is 0 Å². The lowest BCUT2D eigenvalue weighted by atomic mass is 9.91. The maximum Gasteiger partial charge on any atom is 0.126 e. The Morgan fingerprint density at radius 3 is 2.47 bits per heavy atom. The van der Waals surface area contributed by atoms with E-state index in [1.807, 2.05) is 30.3 Å². The molecule has 100 valence electrons. The molecule has 1 atom stereocenters. The Bertz CT molecular complexity index is 542. The summed E-state index contributed by atoms with van der Waals surface area (Å²) in [4.78, 5) is 0. The van der Waals surface area contributed by atoms with Gasteiger partial charge in [0.05, 0.1) is 7.11 Å². The smallest absolute Gasteiger partial charge is 0.126 e. The van der Waals surface area contributed by atoms with E-state index >= 15 is 0 Å². The van der Waals surface area contributed by atoms with Crippen LogP contribution in [0.1, 0.15) is 17.0 Å². The van der Waals surface area contributed by atoms with Gasteiger partial charge in [-0.05, 0) is 36.2 Å². The molecule has 0 spiro atoms. The Labute approximate surface area is 113 Å². The summed E-state index contributed by atoms with van der Waals surface area (Å²) in [5.74, 6) is 0.572. The standard InChI is InChI=1S/C16H18FNO/c1-19-16-9-5-2-6-12(16)10-13(11-18)14-7-3-4-8-15(14)17/h2-9,13H,10-11,18H2,1H3. The molecule has 0 bridgehead atoms. The SMILES string of the molecule is COc1ccccc1CC(CN)c1ccccc1F. The van der Waals surface area contributed by atoms with Gasteiger partial charge in [0.2, 0.25) is 0 Å². The third kappa shape index (κ3) is 3.12. The summed E-state index contributed by atoms with van der Waals surface area (Å²) in [5, 5.41) is 0. The van der Waals surface area contributed by atoms with Crippen molar-refractivity contribution in [3.8, 4) is 5.75 Å². The van der Waals surface area contributed by atoms with E-state index in [4.69, 9.17) is 10.5 Å². The van der Waals surface area contributed by atoms with Crippen molar-refractivity contribution >= 4 is 0 Å². The van der Waals surface area contributed by atoms with Crippen LogP contribution in [0.3, 0.4) is 0 Å². The fourth-order valence-electron chi connectivity index (χ4n) is 2.26. The van der Waals surface area contributed by atoms with Gasteiger partial charge in [0.25, 0.3) is 0 Å². The molecule has 0 aromatic heterocycles. The molecule has 0 saturated heterocycles. The molecule has 0 saturated carbocycles. The summed E-state index contributed by atoms with van der Waals surface area (Å²) >= 11 is 0. The minimum atomic E-state index is -0.201. The lowest BCUT2D eigenvalue weighted by Crippen LogP contribution is -2.16. The maximum absolute atomic E-state index is 13.8. The Morgan fingerprint density at radius 1 is 1.11 bits per heavy atom. The largest absolute Gasteiger partial charge is 0.496 e. The van der Waals surface area contributed by atoms with Crippen LogP contribution in [-0.2, 0) is 6.42 Å². The fraction of sp³-hybridized carbons (Fsp3) is 0.250. The van der Waals surface area contributed by atoms with E-state index < -0.39 is 0 Å². The average Bonchev–Trinajstić information content (AvgIpc) is 2.46. The molecule has 19 heavy (non-hydrogen) atoms. The first kappa shape index (κ1) is 13.6. The topological polar surface area (TPSA) is 35.2 Å². The van der Waals surface area contributed by atoms with Crippen LogP contribution >= 0.6 is 0 Å². The molecule has 0 heterocycles. The zero-order valence-electron chi connectivity index (χ0n) is 11.0. The predicted molar refractivity (Wildman–Crippen MR) is 74.9 cm³/mol. The molecule has 0 radical (unpaired) electrons. The third-order valence-electron chi connectivity index (χ3n) is 3.29. The Balaban J connectivity index is 2.27. The van der Waals surface area contributed by atoms with Crippen molar-refractivity contribution in [1.29, 1.82) is 0 Å². The minimum absolute atomic E-state index is 0.0440. The molecule has 2 aromatic carbocycles. The van der Waals surface area contributed by atoms with E-state index in [-0.39, 0.29) is 11.7 Å². The highest BCUT2D eigenvalue weighted by atomic mass is 19.1. The van der Waals surface area contributed by atoms with Crippen LogP contribution in [0.4, 0.5) is 4.39 Å². The Kier molecular flexibility index (Phi) is 4.53. The Hall–Kier alpha value is -1.87. The lowest BCUT2D eigenvalue weighted by molar-refractivity contribution is 0.407. The second-order valence-electron chi connectivity index (χ2n) is 4.47. The van der Waals surface area contributed by atoms with E-state index in [0.717, 1.165) is 11.3 Å². The monoisotopic (exact) mass is 259 g/mol.